The van der Waals surface area contributed by atoms with Gasteiger partial charge in [-0.05, 0) is 47.8 Å². The lowest BCUT2D eigenvalue weighted by Gasteiger charge is -2.27. The molecule has 1 rings (SSSR count). The topological polar surface area (TPSA) is 20.2 Å². The fraction of sp³-hybridized carbons (Fsp3) is 0.684. The average Bonchev–Trinajstić information content (AvgIpc) is 2.39. The number of rotatable bonds is 7. The molecule has 1 nitrogen and oxygen atoms in total. The van der Waals surface area contributed by atoms with Crippen molar-refractivity contribution in [3.05, 3.63) is 29.8 Å². The minimum Gasteiger partial charge on any atom is -0.508 e. The molecule has 0 amide bonds. The molecule has 0 radical (unpaired) electrons. The van der Waals surface area contributed by atoms with Crippen molar-refractivity contribution in [2.45, 2.75) is 72.6 Å². The number of phenolic OH excluding ortho intramolecular Hbond substituents is 1. The van der Waals surface area contributed by atoms with E-state index in [-0.39, 0.29) is 0 Å². The Labute approximate surface area is 125 Å². The second-order valence-corrected chi connectivity index (χ2v) is 7.25. The summed E-state index contributed by atoms with van der Waals surface area (Å²) in [4.78, 5) is 0. The van der Waals surface area contributed by atoms with Gasteiger partial charge in [0, 0.05) is 0 Å². The summed E-state index contributed by atoms with van der Waals surface area (Å²) < 4.78 is 0. The first kappa shape index (κ1) is 17.1. The normalized spacial score (nSPS) is 15.1. The van der Waals surface area contributed by atoms with Crippen LogP contribution in [-0.2, 0) is 0 Å². The Kier molecular flexibility index (Phi) is 6.58. The van der Waals surface area contributed by atoms with E-state index in [2.05, 4.69) is 46.8 Å². The van der Waals surface area contributed by atoms with E-state index >= 15 is 0 Å². The largest absolute Gasteiger partial charge is 0.508 e. The van der Waals surface area contributed by atoms with E-state index in [0.29, 0.717) is 17.1 Å². The lowest BCUT2D eigenvalue weighted by Crippen LogP contribution is -2.17. The molecule has 0 aliphatic rings. The molecule has 0 aliphatic carbocycles. The molecular formula is C19H32O. The van der Waals surface area contributed by atoms with Gasteiger partial charge in [-0.2, -0.15) is 0 Å². The number of aromatic hydroxyl groups is 1. The summed E-state index contributed by atoms with van der Waals surface area (Å²) in [6.07, 6.45) is 6.40. The quantitative estimate of drug-likeness (QED) is 0.594. The van der Waals surface area contributed by atoms with E-state index in [1.165, 1.54) is 37.7 Å². The zero-order chi connectivity index (χ0) is 15.2. The highest BCUT2D eigenvalue weighted by Gasteiger charge is 2.19. The van der Waals surface area contributed by atoms with E-state index in [1.807, 2.05) is 0 Å². The molecule has 0 heterocycles. The minimum absolute atomic E-state index is 0.364. The van der Waals surface area contributed by atoms with E-state index in [0.717, 1.165) is 5.92 Å². The van der Waals surface area contributed by atoms with Gasteiger partial charge >= 0.3 is 0 Å². The van der Waals surface area contributed by atoms with Crippen LogP contribution in [0.3, 0.4) is 0 Å². The summed E-state index contributed by atoms with van der Waals surface area (Å²) in [6.45, 7) is 11.6. The van der Waals surface area contributed by atoms with Crippen LogP contribution in [0.25, 0.3) is 0 Å². The molecule has 1 aromatic rings. The van der Waals surface area contributed by atoms with Crippen LogP contribution in [0, 0.1) is 11.3 Å². The Balaban J connectivity index is 2.37. The van der Waals surface area contributed by atoms with Crippen LogP contribution < -0.4 is 0 Å². The molecule has 2 unspecified atom stereocenters. The van der Waals surface area contributed by atoms with Gasteiger partial charge in [0.05, 0.1) is 0 Å². The predicted octanol–water partition coefficient (Wildman–Crippen LogP) is 6.13. The zero-order valence-electron chi connectivity index (χ0n) is 13.9. The second-order valence-electron chi connectivity index (χ2n) is 7.25. The van der Waals surface area contributed by atoms with Gasteiger partial charge in [-0.3, -0.25) is 0 Å². The Morgan fingerprint density at radius 2 is 1.55 bits per heavy atom. The number of phenols is 1. The smallest absolute Gasteiger partial charge is 0.115 e. The van der Waals surface area contributed by atoms with Crippen molar-refractivity contribution in [1.29, 1.82) is 0 Å². The molecule has 1 heteroatoms. The summed E-state index contributed by atoms with van der Waals surface area (Å²) >= 11 is 0. The fourth-order valence-corrected chi connectivity index (χ4v) is 2.63. The third kappa shape index (κ3) is 5.56. The van der Waals surface area contributed by atoms with Gasteiger partial charge in [-0.25, -0.2) is 0 Å². The maximum absolute atomic E-state index is 9.36. The van der Waals surface area contributed by atoms with Crippen LogP contribution in [0.5, 0.6) is 5.75 Å². The first-order valence-corrected chi connectivity index (χ1v) is 8.13. The van der Waals surface area contributed by atoms with Crippen molar-refractivity contribution >= 4 is 0 Å². The molecule has 0 fully saturated rings. The third-order valence-electron chi connectivity index (χ3n) is 4.78. The maximum Gasteiger partial charge on any atom is 0.115 e. The van der Waals surface area contributed by atoms with Gasteiger partial charge in [0.1, 0.15) is 5.75 Å². The van der Waals surface area contributed by atoms with Crippen LogP contribution in [-0.4, -0.2) is 5.11 Å². The Bertz CT molecular complexity index is 372. The molecule has 0 spiro atoms. The van der Waals surface area contributed by atoms with E-state index < -0.39 is 0 Å². The van der Waals surface area contributed by atoms with E-state index in [1.54, 1.807) is 12.1 Å². The maximum atomic E-state index is 9.36. The Hall–Kier alpha value is -0.980. The molecule has 0 aromatic heterocycles. The molecule has 1 N–H and O–H groups in total. The van der Waals surface area contributed by atoms with Gasteiger partial charge in [-0.15, -0.1) is 0 Å². The second kappa shape index (κ2) is 7.71. The highest BCUT2D eigenvalue weighted by molar-refractivity contribution is 5.28. The average molecular weight is 276 g/mol. The van der Waals surface area contributed by atoms with Crippen LogP contribution in [0.15, 0.2) is 24.3 Å². The molecule has 114 valence electrons. The summed E-state index contributed by atoms with van der Waals surface area (Å²) in [5.41, 5.74) is 1.80. The van der Waals surface area contributed by atoms with Crippen molar-refractivity contribution in [3.63, 3.8) is 0 Å². The predicted molar refractivity (Wildman–Crippen MR) is 88.2 cm³/mol. The standard InChI is InChI=1S/C19H32O/c1-6-16(17-11-13-18(20)14-12-17)10-8-7-9-15(2)19(3,4)5/h11-16,20H,6-10H2,1-5H3. The van der Waals surface area contributed by atoms with E-state index in [4.69, 9.17) is 0 Å². The molecule has 2 atom stereocenters. The molecule has 0 saturated heterocycles. The minimum atomic E-state index is 0.364. The van der Waals surface area contributed by atoms with Gasteiger partial charge in [0.15, 0.2) is 0 Å². The van der Waals surface area contributed by atoms with Crippen molar-refractivity contribution in [2.75, 3.05) is 0 Å². The first-order chi connectivity index (χ1) is 9.34. The Morgan fingerprint density at radius 1 is 1.00 bits per heavy atom. The highest BCUT2D eigenvalue weighted by atomic mass is 16.3. The van der Waals surface area contributed by atoms with Gasteiger partial charge in [-0.1, -0.05) is 66.0 Å². The van der Waals surface area contributed by atoms with Gasteiger partial charge in [0.25, 0.3) is 0 Å². The first-order valence-electron chi connectivity index (χ1n) is 8.13. The molecule has 20 heavy (non-hydrogen) atoms. The zero-order valence-corrected chi connectivity index (χ0v) is 13.9. The summed E-state index contributed by atoms with van der Waals surface area (Å²) in [7, 11) is 0. The molecule has 0 bridgehead atoms. The molecule has 1 aromatic carbocycles. The Morgan fingerprint density at radius 3 is 2.05 bits per heavy atom. The van der Waals surface area contributed by atoms with E-state index in [9.17, 15) is 5.11 Å². The van der Waals surface area contributed by atoms with Crippen molar-refractivity contribution in [2.24, 2.45) is 11.3 Å². The van der Waals surface area contributed by atoms with Crippen LogP contribution in [0.2, 0.25) is 0 Å². The number of hydrogen-bond donors (Lipinski definition) is 1. The van der Waals surface area contributed by atoms with Crippen molar-refractivity contribution < 1.29 is 5.11 Å². The highest BCUT2D eigenvalue weighted by Crippen LogP contribution is 2.31. The fourth-order valence-electron chi connectivity index (χ4n) is 2.63. The molecule has 0 aliphatic heterocycles. The SMILES string of the molecule is CCC(CCCCC(C)C(C)(C)C)c1ccc(O)cc1. The van der Waals surface area contributed by atoms with Crippen LogP contribution in [0.4, 0.5) is 0 Å². The number of benzene rings is 1. The summed E-state index contributed by atoms with van der Waals surface area (Å²) in [5, 5.41) is 9.36. The molecule has 0 saturated carbocycles. The number of hydrogen-bond acceptors (Lipinski definition) is 1. The van der Waals surface area contributed by atoms with Crippen molar-refractivity contribution in [1.82, 2.24) is 0 Å². The van der Waals surface area contributed by atoms with Crippen LogP contribution in [0.1, 0.15) is 78.2 Å². The van der Waals surface area contributed by atoms with Gasteiger partial charge < -0.3 is 5.11 Å². The lowest BCUT2D eigenvalue weighted by molar-refractivity contribution is 0.240. The summed E-state index contributed by atoms with van der Waals surface area (Å²) in [6, 6.07) is 7.75. The van der Waals surface area contributed by atoms with Crippen molar-refractivity contribution in [3.8, 4) is 5.75 Å². The van der Waals surface area contributed by atoms with Gasteiger partial charge in [0.2, 0.25) is 0 Å². The lowest BCUT2D eigenvalue weighted by atomic mass is 9.79. The monoisotopic (exact) mass is 276 g/mol. The summed E-state index contributed by atoms with van der Waals surface area (Å²) in [5.74, 6) is 1.79. The van der Waals surface area contributed by atoms with Crippen LogP contribution >= 0.6 is 0 Å². The number of unbranched alkanes of at least 4 members (excludes halogenated alkanes) is 1. The molecular weight excluding hydrogens is 244 g/mol. The third-order valence-corrected chi connectivity index (χ3v) is 4.78.